The van der Waals surface area contributed by atoms with Crippen LogP contribution >= 0.6 is 0 Å². The molecule has 36 heavy (non-hydrogen) atoms. The highest BCUT2D eigenvalue weighted by Crippen LogP contribution is 2.27. The van der Waals surface area contributed by atoms with Crippen LogP contribution in [0.1, 0.15) is 55.6 Å². The summed E-state index contributed by atoms with van der Waals surface area (Å²) in [6.45, 7) is 8.52. The third kappa shape index (κ3) is 7.05. The van der Waals surface area contributed by atoms with Crippen LogP contribution in [0.2, 0.25) is 0 Å². The molecule has 0 aliphatic carbocycles. The highest BCUT2D eigenvalue weighted by atomic mass is 16.5. The average Bonchev–Trinajstić information content (AvgIpc) is 2.86. The van der Waals surface area contributed by atoms with Crippen molar-refractivity contribution < 1.29 is 19.4 Å². The third-order valence-corrected chi connectivity index (χ3v) is 6.22. The van der Waals surface area contributed by atoms with Crippen LogP contribution in [0.4, 0.5) is 0 Å². The second-order valence-corrected chi connectivity index (χ2v) is 9.91. The van der Waals surface area contributed by atoms with E-state index in [-0.39, 0.29) is 42.7 Å². The Morgan fingerprint density at radius 3 is 2.78 bits per heavy atom. The maximum absolute atomic E-state index is 13.5. The van der Waals surface area contributed by atoms with Gasteiger partial charge in [0.15, 0.2) is 0 Å². The second kappa shape index (κ2) is 12.5. The van der Waals surface area contributed by atoms with Gasteiger partial charge in [-0.05, 0) is 30.5 Å². The minimum atomic E-state index is -0.404. The first-order valence-electron chi connectivity index (χ1n) is 12.4. The van der Waals surface area contributed by atoms with E-state index in [1.807, 2.05) is 19.9 Å². The molecule has 8 nitrogen and oxygen atoms in total. The molecule has 0 saturated heterocycles. The number of amides is 2. The number of fused-ring (bicyclic) bond motifs is 1. The van der Waals surface area contributed by atoms with Gasteiger partial charge in [0.1, 0.15) is 11.7 Å². The van der Waals surface area contributed by atoms with E-state index in [1.165, 1.54) is 0 Å². The Bertz CT molecular complexity index is 1110. The normalized spacial score (nSPS) is 18.3. The van der Waals surface area contributed by atoms with Crippen LogP contribution in [0.25, 0.3) is 0 Å². The standard InChI is InChI=1S/C28H36N4O4/c1-19(2)8-6-9-22-12-24-27(30-15-22)36-25(20(3)16-32(28(24)35)21(4)18-33)17-31(5)26(34)13-23-10-7-11-29-14-23/h7,10-12,14-15,19-21,25,33H,8,13,16-18H2,1-5H3/t20-,21+,25+/m0/s1. The molecule has 0 saturated carbocycles. The van der Waals surface area contributed by atoms with Gasteiger partial charge in [0, 0.05) is 50.1 Å². The molecule has 8 heteroatoms. The van der Waals surface area contributed by atoms with Crippen molar-refractivity contribution in [2.45, 2.75) is 52.7 Å². The molecule has 0 bridgehead atoms. The fourth-order valence-electron chi connectivity index (χ4n) is 3.93. The zero-order valence-electron chi connectivity index (χ0n) is 21.8. The number of pyridine rings is 2. The van der Waals surface area contributed by atoms with Crippen molar-refractivity contribution in [2.75, 3.05) is 26.7 Å². The van der Waals surface area contributed by atoms with E-state index in [0.29, 0.717) is 30.1 Å². The van der Waals surface area contributed by atoms with Crippen LogP contribution in [-0.4, -0.2) is 75.6 Å². The van der Waals surface area contributed by atoms with Crippen LogP contribution in [0, 0.1) is 23.7 Å². The molecule has 3 heterocycles. The van der Waals surface area contributed by atoms with E-state index >= 15 is 0 Å². The predicted octanol–water partition coefficient (Wildman–Crippen LogP) is 2.80. The summed E-state index contributed by atoms with van der Waals surface area (Å²) < 4.78 is 6.27. The number of carbonyl (C=O) groups is 2. The van der Waals surface area contributed by atoms with Crippen molar-refractivity contribution in [2.24, 2.45) is 11.8 Å². The zero-order valence-corrected chi connectivity index (χ0v) is 21.8. The molecule has 0 unspecified atom stereocenters. The van der Waals surface area contributed by atoms with Crippen LogP contribution in [0.15, 0.2) is 36.8 Å². The Labute approximate surface area is 213 Å². The van der Waals surface area contributed by atoms with Gasteiger partial charge in [0.25, 0.3) is 5.91 Å². The van der Waals surface area contributed by atoms with Gasteiger partial charge in [0.05, 0.1) is 25.6 Å². The predicted molar refractivity (Wildman–Crippen MR) is 137 cm³/mol. The molecule has 0 spiro atoms. The van der Waals surface area contributed by atoms with Crippen molar-refractivity contribution in [3.05, 3.63) is 53.5 Å². The Balaban J connectivity index is 1.87. The number of aliphatic hydroxyl groups excluding tert-OH is 1. The maximum atomic E-state index is 13.5. The first-order valence-corrected chi connectivity index (χ1v) is 12.4. The van der Waals surface area contributed by atoms with Gasteiger partial charge < -0.3 is 19.6 Å². The molecule has 0 radical (unpaired) electrons. The van der Waals surface area contributed by atoms with Crippen molar-refractivity contribution in [1.82, 2.24) is 19.8 Å². The van der Waals surface area contributed by atoms with Gasteiger partial charge in [-0.3, -0.25) is 14.6 Å². The van der Waals surface area contributed by atoms with Crippen molar-refractivity contribution in [1.29, 1.82) is 0 Å². The number of likely N-dealkylation sites (N-methyl/N-ethyl adjacent to an activating group) is 1. The minimum absolute atomic E-state index is 0.0542. The number of aromatic nitrogens is 2. The van der Waals surface area contributed by atoms with Crippen molar-refractivity contribution in [3.8, 4) is 17.7 Å². The molecule has 2 aromatic rings. The monoisotopic (exact) mass is 492 g/mol. The number of aliphatic hydroxyl groups is 1. The number of rotatable bonds is 7. The molecule has 1 aliphatic rings. The lowest BCUT2D eigenvalue weighted by Crippen LogP contribution is -2.50. The summed E-state index contributed by atoms with van der Waals surface area (Å²) in [6.07, 6.45) is 5.55. The largest absolute Gasteiger partial charge is 0.472 e. The van der Waals surface area contributed by atoms with E-state index in [9.17, 15) is 14.7 Å². The topological polar surface area (TPSA) is 95.9 Å². The molecule has 2 amide bonds. The van der Waals surface area contributed by atoms with E-state index in [0.717, 1.165) is 12.0 Å². The van der Waals surface area contributed by atoms with E-state index < -0.39 is 6.10 Å². The SMILES string of the molecule is CC(C)CC#Cc1cnc2c(c1)C(=O)N([C@H](C)CO)C[C@H](C)[C@@H](CN(C)C(=O)Cc1cccnc1)O2. The molecular formula is C28H36N4O4. The van der Waals surface area contributed by atoms with Gasteiger partial charge in [0.2, 0.25) is 11.8 Å². The van der Waals surface area contributed by atoms with Gasteiger partial charge in [-0.25, -0.2) is 4.98 Å². The summed E-state index contributed by atoms with van der Waals surface area (Å²) in [5.41, 5.74) is 1.79. The molecule has 0 fully saturated rings. The maximum Gasteiger partial charge on any atom is 0.259 e. The average molecular weight is 493 g/mol. The number of ether oxygens (including phenoxy) is 1. The molecule has 1 N–H and O–H groups in total. The number of hydrogen-bond donors (Lipinski definition) is 1. The van der Waals surface area contributed by atoms with Gasteiger partial charge in [-0.1, -0.05) is 38.7 Å². The summed E-state index contributed by atoms with van der Waals surface area (Å²) in [5.74, 6) is 6.45. The van der Waals surface area contributed by atoms with Crippen molar-refractivity contribution >= 4 is 11.8 Å². The Morgan fingerprint density at radius 1 is 1.33 bits per heavy atom. The molecule has 3 atom stereocenters. The second-order valence-electron chi connectivity index (χ2n) is 9.91. The third-order valence-electron chi connectivity index (χ3n) is 6.22. The summed E-state index contributed by atoms with van der Waals surface area (Å²) in [7, 11) is 1.74. The fourth-order valence-corrected chi connectivity index (χ4v) is 3.93. The smallest absolute Gasteiger partial charge is 0.259 e. The molecule has 192 valence electrons. The lowest BCUT2D eigenvalue weighted by atomic mass is 9.99. The Hall–Kier alpha value is -3.44. The van der Waals surface area contributed by atoms with Gasteiger partial charge in [-0.15, -0.1) is 0 Å². The van der Waals surface area contributed by atoms with Crippen LogP contribution < -0.4 is 4.74 Å². The van der Waals surface area contributed by atoms with E-state index in [2.05, 4.69) is 35.7 Å². The number of nitrogens with zero attached hydrogens (tertiary/aromatic N) is 4. The Morgan fingerprint density at radius 2 is 2.11 bits per heavy atom. The number of hydrogen-bond acceptors (Lipinski definition) is 6. The van der Waals surface area contributed by atoms with Crippen molar-refractivity contribution in [3.63, 3.8) is 0 Å². The first kappa shape index (κ1) is 27.2. The van der Waals surface area contributed by atoms with Gasteiger partial charge in [-0.2, -0.15) is 0 Å². The quantitative estimate of drug-likeness (QED) is 0.597. The van der Waals surface area contributed by atoms with E-state index in [4.69, 9.17) is 4.74 Å². The van der Waals surface area contributed by atoms with Crippen LogP contribution in [0.3, 0.4) is 0 Å². The summed E-state index contributed by atoms with van der Waals surface area (Å²) >= 11 is 0. The molecular weight excluding hydrogens is 456 g/mol. The molecule has 3 rings (SSSR count). The van der Waals surface area contributed by atoms with Gasteiger partial charge >= 0.3 is 0 Å². The lowest BCUT2D eigenvalue weighted by Gasteiger charge is -2.37. The summed E-state index contributed by atoms with van der Waals surface area (Å²) in [4.78, 5) is 38.2. The highest BCUT2D eigenvalue weighted by Gasteiger charge is 2.34. The lowest BCUT2D eigenvalue weighted by molar-refractivity contribution is -0.130. The Kier molecular flexibility index (Phi) is 9.43. The highest BCUT2D eigenvalue weighted by molar-refractivity contribution is 5.97. The molecule has 0 aromatic carbocycles. The van der Waals surface area contributed by atoms with Crippen LogP contribution in [0.5, 0.6) is 5.88 Å². The fraction of sp³-hybridized carbons (Fsp3) is 0.500. The molecule has 2 aromatic heterocycles. The summed E-state index contributed by atoms with van der Waals surface area (Å²) in [6, 6.07) is 5.00. The zero-order chi connectivity index (χ0) is 26.2. The van der Waals surface area contributed by atoms with Crippen LogP contribution in [-0.2, 0) is 11.2 Å². The number of carbonyl (C=O) groups excluding carboxylic acids is 2. The molecule has 1 aliphatic heterocycles. The minimum Gasteiger partial charge on any atom is -0.472 e. The summed E-state index contributed by atoms with van der Waals surface area (Å²) in [5, 5.41) is 9.83. The van der Waals surface area contributed by atoms with E-state index in [1.54, 1.807) is 47.6 Å². The first-order chi connectivity index (χ1) is 17.2.